The van der Waals surface area contributed by atoms with Gasteiger partial charge in [0.1, 0.15) is 28.7 Å². The van der Waals surface area contributed by atoms with Gasteiger partial charge in [0.25, 0.3) is 0 Å². The fourth-order valence-corrected chi connectivity index (χ4v) is 4.00. The lowest BCUT2D eigenvalue weighted by molar-refractivity contribution is -0.115. The Kier molecular flexibility index (Phi) is 7.89. The number of thioether (sulfide) groups is 1. The van der Waals surface area contributed by atoms with E-state index in [1.54, 1.807) is 26.4 Å². The van der Waals surface area contributed by atoms with Crippen molar-refractivity contribution in [2.45, 2.75) is 11.6 Å². The van der Waals surface area contributed by atoms with E-state index >= 15 is 0 Å². The Morgan fingerprint density at radius 2 is 1.46 bits per heavy atom. The number of methoxy groups -OCH3 is 2. The standard InChI is InChI=1S/C26H23FN4O3S/c1-33-19-11-7-17(8-12-19)24-25(18-9-13-20(34-2)14-10-18)30-31-26(29-24)35-16-15-23(32)28-22-6-4-3-5-21(22)27/h3-14H,15-16H2,1-2H3,(H,28,32). The maximum atomic E-state index is 13.7. The van der Waals surface area contributed by atoms with E-state index in [0.29, 0.717) is 22.3 Å². The van der Waals surface area contributed by atoms with Gasteiger partial charge in [-0.2, -0.15) is 0 Å². The summed E-state index contributed by atoms with van der Waals surface area (Å²) in [6.07, 6.45) is 0.167. The van der Waals surface area contributed by atoms with Crippen molar-refractivity contribution in [3.05, 3.63) is 78.6 Å². The highest BCUT2D eigenvalue weighted by Crippen LogP contribution is 2.32. The first kappa shape index (κ1) is 24.2. The molecule has 0 aliphatic heterocycles. The molecule has 4 aromatic rings. The van der Waals surface area contributed by atoms with Crippen LogP contribution in [0.2, 0.25) is 0 Å². The van der Waals surface area contributed by atoms with Crippen molar-refractivity contribution < 1.29 is 18.7 Å². The average Bonchev–Trinajstić information content (AvgIpc) is 2.90. The Morgan fingerprint density at radius 1 is 0.857 bits per heavy atom. The summed E-state index contributed by atoms with van der Waals surface area (Å²) < 4.78 is 24.3. The minimum Gasteiger partial charge on any atom is -0.497 e. The van der Waals surface area contributed by atoms with Gasteiger partial charge in [-0.25, -0.2) is 9.37 Å². The third-order valence-corrected chi connectivity index (χ3v) is 5.94. The third-order valence-electron chi connectivity index (χ3n) is 5.10. The van der Waals surface area contributed by atoms with Gasteiger partial charge in [0, 0.05) is 23.3 Å². The second kappa shape index (κ2) is 11.4. The van der Waals surface area contributed by atoms with Crippen LogP contribution >= 0.6 is 11.8 Å². The van der Waals surface area contributed by atoms with Crippen molar-refractivity contribution in [2.24, 2.45) is 0 Å². The lowest BCUT2D eigenvalue weighted by atomic mass is 10.0. The summed E-state index contributed by atoms with van der Waals surface area (Å²) in [5, 5.41) is 11.7. The van der Waals surface area contributed by atoms with Gasteiger partial charge in [-0.3, -0.25) is 4.79 Å². The van der Waals surface area contributed by atoms with Gasteiger partial charge in [-0.05, 0) is 60.7 Å². The fourth-order valence-electron chi connectivity index (χ4n) is 3.28. The Hall–Kier alpha value is -3.98. The molecule has 0 spiro atoms. The Morgan fingerprint density at radius 3 is 2.06 bits per heavy atom. The van der Waals surface area contributed by atoms with Crippen LogP contribution in [0.4, 0.5) is 10.1 Å². The number of hydrogen-bond donors (Lipinski definition) is 1. The van der Waals surface area contributed by atoms with Crippen LogP contribution in [-0.4, -0.2) is 41.1 Å². The SMILES string of the molecule is COc1ccc(-c2nnc(SCCC(=O)Nc3ccccc3F)nc2-c2ccc(OC)cc2)cc1. The summed E-state index contributed by atoms with van der Waals surface area (Å²) in [6.45, 7) is 0. The summed E-state index contributed by atoms with van der Waals surface area (Å²) in [5.74, 6) is 1.12. The second-order valence-electron chi connectivity index (χ2n) is 7.38. The number of aromatic nitrogens is 3. The molecule has 0 bridgehead atoms. The maximum absolute atomic E-state index is 13.7. The Labute approximate surface area is 206 Å². The fraction of sp³-hybridized carbons (Fsp3) is 0.154. The van der Waals surface area contributed by atoms with Gasteiger partial charge < -0.3 is 14.8 Å². The molecule has 4 rings (SSSR count). The summed E-state index contributed by atoms with van der Waals surface area (Å²) in [6, 6.07) is 21.1. The largest absolute Gasteiger partial charge is 0.497 e. The molecule has 0 saturated heterocycles. The molecule has 178 valence electrons. The molecular formula is C26H23FN4O3S. The molecule has 3 aromatic carbocycles. The number of benzene rings is 3. The van der Waals surface area contributed by atoms with E-state index in [4.69, 9.17) is 14.5 Å². The van der Waals surface area contributed by atoms with E-state index in [0.717, 1.165) is 22.6 Å². The van der Waals surface area contributed by atoms with E-state index in [-0.39, 0.29) is 18.0 Å². The zero-order valence-corrected chi connectivity index (χ0v) is 20.0. The van der Waals surface area contributed by atoms with Crippen LogP contribution in [0.1, 0.15) is 6.42 Å². The van der Waals surface area contributed by atoms with Gasteiger partial charge in [0.05, 0.1) is 19.9 Å². The Bertz CT molecular complexity index is 1300. The summed E-state index contributed by atoms with van der Waals surface area (Å²) in [4.78, 5) is 17.0. The van der Waals surface area contributed by atoms with Crippen molar-refractivity contribution in [1.82, 2.24) is 15.2 Å². The van der Waals surface area contributed by atoms with E-state index in [1.807, 2.05) is 48.5 Å². The second-order valence-corrected chi connectivity index (χ2v) is 8.44. The average molecular weight is 491 g/mol. The first-order chi connectivity index (χ1) is 17.1. The molecule has 0 radical (unpaired) electrons. The number of carbonyl (C=O) groups is 1. The van der Waals surface area contributed by atoms with E-state index in [1.165, 1.54) is 23.9 Å². The van der Waals surface area contributed by atoms with Crippen LogP contribution in [-0.2, 0) is 4.79 Å². The number of nitrogens with one attached hydrogen (secondary N) is 1. The van der Waals surface area contributed by atoms with Crippen molar-refractivity contribution in [3.8, 4) is 34.0 Å². The smallest absolute Gasteiger partial charge is 0.225 e. The van der Waals surface area contributed by atoms with Crippen molar-refractivity contribution in [3.63, 3.8) is 0 Å². The molecule has 0 saturated carbocycles. The van der Waals surface area contributed by atoms with Gasteiger partial charge in [-0.1, -0.05) is 23.9 Å². The normalized spacial score (nSPS) is 10.6. The predicted molar refractivity (Wildman–Crippen MR) is 134 cm³/mol. The van der Waals surface area contributed by atoms with Crippen LogP contribution in [0.5, 0.6) is 11.5 Å². The highest BCUT2D eigenvalue weighted by Gasteiger charge is 2.15. The van der Waals surface area contributed by atoms with Crippen molar-refractivity contribution in [2.75, 3.05) is 25.3 Å². The number of nitrogens with zero attached hydrogens (tertiary/aromatic N) is 3. The van der Waals surface area contributed by atoms with Gasteiger partial charge in [0.2, 0.25) is 11.1 Å². The Balaban J connectivity index is 1.52. The number of anilines is 1. The number of para-hydroxylation sites is 1. The highest BCUT2D eigenvalue weighted by atomic mass is 32.2. The third kappa shape index (κ3) is 6.13. The van der Waals surface area contributed by atoms with Crippen molar-refractivity contribution >= 4 is 23.4 Å². The first-order valence-corrected chi connectivity index (χ1v) is 11.8. The van der Waals surface area contributed by atoms with Crippen LogP contribution < -0.4 is 14.8 Å². The van der Waals surface area contributed by atoms with Crippen LogP contribution in [0, 0.1) is 5.82 Å². The minimum absolute atomic E-state index is 0.158. The molecule has 1 aromatic heterocycles. The maximum Gasteiger partial charge on any atom is 0.225 e. The lowest BCUT2D eigenvalue weighted by Gasteiger charge is -2.11. The molecule has 0 atom stereocenters. The zero-order valence-electron chi connectivity index (χ0n) is 19.2. The molecule has 1 amide bonds. The topological polar surface area (TPSA) is 86.2 Å². The molecule has 9 heteroatoms. The van der Waals surface area contributed by atoms with E-state index in [2.05, 4.69) is 15.5 Å². The predicted octanol–water partition coefficient (Wildman–Crippen LogP) is 5.48. The van der Waals surface area contributed by atoms with Gasteiger partial charge >= 0.3 is 0 Å². The summed E-state index contributed by atoms with van der Waals surface area (Å²) in [7, 11) is 3.23. The van der Waals surface area contributed by atoms with E-state index in [9.17, 15) is 9.18 Å². The zero-order chi connectivity index (χ0) is 24.6. The number of ether oxygens (including phenoxy) is 2. The van der Waals surface area contributed by atoms with Gasteiger partial charge in [0.15, 0.2) is 0 Å². The quantitative estimate of drug-likeness (QED) is 0.311. The molecule has 1 N–H and O–H groups in total. The monoisotopic (exact) mass is 490 g/mol. The molecule has 7 nitrogen and oxygen atoms in total. The summed E-state index contributed by atoms with van der Waals surface area (Å²) >= 11 is 1.31. The van der Waals surface area contributed by atoms with Crippen LogP contribution in [0.3, 0.4) is 0 Å². The van der Waals surface area contributed by atoms with Crippen molar-refractivity contribution in [1.29, 1.82) is 0 Å². The number of hydrogen-bond acceptors (Lipinski definition) is 7. The number of rotatable bonds is 9. The molecule has 0 unspecified atom stereocenters. The molecule has 0 aliphatic carbocycles. The molecule has 0 aliphatic rings. The van der Waals surface area contributed by atoms with E-state index < -0.39 is 5.82 Å². The van der Waals surface area contributed by atoms with Crippen LogP contribution in [0.25, 0.3) is 22.5 Å². The lowest BCUT2D eigenvalue weighted by Crippen LogP contribution is -2.13. The molecular weight excluding hydrogens is 467 g/mol. The number of carbonyl (C=O) groups excluding carboxylic acids is 1. The number of halogens is 1. The highest BCUT2D eigenvalue weighted by molar-refractivity contribution is 7.99. The van der Waals surface area contributed by atoms with Gasteiger partial charge in [-0.15, -0.1) is 10.2 Å². The molecule has 1 heterocycles. The summed E-state index contributed by atoms with van der Waals surface area (Å²) in [5.41, 5.74) is 3.14. The first-order valence-electron chi connectivity index (χ1n) is 10.8. The minimum atomic E-state index is -0.473. The van der Waals surface area contributed by atoms with Crippen LogP contribution in [0.15, 0.2) is 78.0 Å². The molecule has 0 fully saturated rings. The molecule has 35 heavy (non-hydrogen) atoms. The number of amides is 1.